The summed E-state index contributed by atoms with van der Waals surface area (Å²) < 4.78 is 26.1. The van der Waals surface area contributed by atoms with Crippen LogP contribution in [0, 0.1) is 5.82 Å². The van der Waals surface area contributed by atoms with E-state index in [1.54, 1.807) is 13.3 Å². The number of aromatic nitrogens is 3. The molecule has 2 N–H and O–H groups in total. The Bertz CT molecular complexity index is 1550. The largest absolute Gasteiger partial charge is 0.468 e. The van der Waals surface area contributed by atoms with Crippen molar-refractivity contribution in [3.8, 4) is 17.1 Å². The summed E-state index contributed by atoms with van der Waals surface area (Å²) in [5.74, 6) is 0.167. The third-order valence-electron chi connectivity index (χ3n) is 7.64. The number of ether oxygens (including phenoxy) is 2. The first-order chi connectivity index (χ1) is 18.5. The van der Waals surface area contributed by atoms with E-state index in [0.29, 0.717) is 42.2 Å². The van der Waals surface area contributed by atoms with Gasteiger partial charge in [-0.15, -0.1) is 0 Å². The minimum absolute atomic E-state index is 0.0751. The standard InChI is InChI=1S/C28H28FN5O4/c1-3-15-5-4-6-16-7-18(38-14-37-2)9-20(24(15)16)27-32-25(21-11-31-12-22(29)26(21)33-27)19-8-17-10-30-13-23(19)34(17)28(35)36/h4-7,9,11-12,17,19,23,30H,3,8,10,13-14H2,1-2H3,(H,35,36). The number of aryl methyl sites for hydroxylation is 1. The molecule has 2 aromatic heterocycles. The predicted molar refractivity (Wildman–Crippen MR) is 140 cm³/mol. The molecular formula is C28H28FN5O4. The van der Waals surface area contributed by atoms with Crippen LogP contribution < -0.4 is 10.1 Å². The van der Waals surface area contributed by atoms with Crippen molar-refractivity contribution in [2.24, 2.45) is 0 Å². The second-order valence-electron chi connectivity index (χ2n) is 9.75. The molecule has 3 atom stereocenters. The van der Waals surface area contributed by atoms with Gasteiger partial charge in [0.1, 0.15) is 11.3 Å². The Hall–Kier alpha value is -3.89. The molecule has 38 heavy (non-hydrogen) atoms. The number of nitrogens with zero attached hydrogens (tertiary/aromatic N) is 4. The molecule has 4 heterocycles. The van der Waals surface area contributed by atoms with E-state index in [-0.39, 0.29) is 30.3 Å². The molecule has 6 rings (SSSR count). The second kappa shape index (κ2) is 9.77. The molecule has 2 bridgehead atoms. The number of carbonyl (C=O) groups is 1. The summed E-state index contributed by atoms with van der Waals surface area (Å²) in [5.41, 5.74) is 2.61. The van der Waals surface area contributed by atoms with E-state index in [9.17, 15) is 9.90 Å². The normalized spacial score (nSPS) is 20.8. The van der Waals surface area contributed by atoms with Crippen molar-refractivity contribution >= 4 is 27.8 Å². The van der Waals surface area contributed by atoms with Gasteiger partial charge < -0.3 is 19.9 Å². The third kappa shape index (κ3) is 4.00. The van der Waals surface area contributed by atoms with Gasteiger partial charge in [-0.1, -0.05) is 25.1 Å². The van der Waals surface area contributed by atoms with E-state index in [1.807, 2.05) is 24.3 Å². The van der Waals surface area contributed by atoms with Crippen molar-refractivity contribution < 1.29 is 23.8 Å². The van der Waals surface area contributed by atoms with Gasteiger partial charge in [0.2, 0.25) is 0 Å². The zero-order valence-corrected chi connectivity index (χ0v) is 21.1. The summed E-state index contributed by atoms with van der Waals surface area (Å²) in [5, 5.41) is 15.7. The van der Waals surface area contributed by atoms with Crippen LogP contribution in [-0.4, -0.2) is 70.1 Å². The Balaban J connectivity index is 1.60. The lowest BCUT2D eigenvalue weighted by Gasteiger charge is -2.34. The van der Waals surface area contributed by atoms with Gasteiger partial charge in [0.25, 0.3) is 0 Å². The SMILES string of the molecule is CCc1cccc2cc(OCOC)cc(-c3nc(C4CC5CNCC4N5C(=O)O)c4cncc(F)c4n3)c12. The highest BCUT2D eigenvalue weighted by Crippen LogP contribution is 2.42. The molecule has 2 saturated heterocycles. The molecule has 0 radical (unpaired) electrons. The first-order valence-electron chi connectivity index (χ1n) is 12.7. The Labute approximate surface area is 218 Å². The zero-order valence-electron chi connectivity index (χ0n) is 21.1. The van der Waals surface area contributed by atoms with E-state index < -0.39 is 11.9 Å². The van der Waals surface area contributed by atoms with Crippen LogP contribution in [0.15, 0.2) is 42.7 Å². The molecule has 0 aliphatic carbocycles. The molecular weight excluding hydrogens is 489 g/mol. The van der Waals surface area contributed by atoms with Crippen molar-refractivity contribution in [2.75, 3.05) is 27.0 Å². The van der Waals surface area contributed by atoms with Crippen LogP contribution in [0.2, 0.25) is 0 Å². The number of hydrogen-bond donors (Lipinski definition) is 2. The number of methoxy groups -OCH3 is 1. The fourth-order valence-electron chi connectivity index (χ4n) is 6.04. The molecule has 1 amide bonds. The van der Waals surface area contributed by atoms with Crippen molar-refractivity contribution in [1.29, 1.82) is 0 Å². The molecule has 9 nitrogen and oxygen atoms in total. The molecule has 0 spiro atoms. The number of pyridine rings is 1. The number of nitrogens with one attached hydrogen (secondary N) is 1. The maximum Gasteiger partial charge on any atom is 0.407 e. The van der Waals surface area contributed by atoms with E-state index >= 15 is 4.39 Å². The summed E-state index contributed by atoms with van der Waals surface area (Å²) in [6.45, 7) is 3.23. The van der Waals surface area contributed by atoms with Gasteiger partial charge in [-0.25, -0.2) is 19.2 Å². The highest BCUT2D eigenvalue weighted by molar-refractivity contribution is 5.99. The Morgan fingerprint density at radius 1 is 1.24 bits per heavy atom. The molecule has 10 heteroatoms. The molecule has 2 fully saturated rings. The van der Waals surface area contributed by atoms with Crippen LogP contribution in [0.1, 0.15) is 30.5 Å². The molecule has 2 aliphatic rings. The van der Waals surface area contributed by atoms with Crippen LogP contribution in [0.5, 0.6) is 5.75 Å². The highest BCUT2D eigenvalue weighted by Gasteiger charge is 2.48. The van der Waals surface area contributed by atoms with Gasteiger partial charge in [0.15, 0.2) is 18.4 Å². The monoisotopic (exact) mass is 517 g/mol. The topological polar surface area (TPSA) is 110 Å². The van der Waals surface area contributed by atoms with Gasteiger partial charge in [-0.3, -0.25) is 9.88 Å². The second-order valence-corrected chi connectivity index (χ2v) is 9.75. The van der Waals surface area contributed by atoms with Gasteiger partial charge in [-0.05, 0) is 41.3 Å². The number of hydrogen-bond acceptors (Lipinski definition) is 7. The minimum Gasteiger partial charge on any atom is -0.468 e. The molecule has 2 aromatic carbocycles. The maximum absolute atomic E-state index is 15.2. The molecule has 196 valence electrons. The van der Waals surface area contributed by atoms with Gasteiger partial charge in [0.05, 0.1) is 17.9 Å². The Morgan fingerprint density at radius 3 is 2.87 bits per heavy atom. The average molecular weight is 518 g/mol. The summed E-state index contributed by atoms with van der Waals surface area (Å²) in [6, 6.07) is 9.37. The van der Waals surface area contributed by atoms with Crippen molar-refractivity contribution in [3.63, 3.8) is 0 Å². The number of piperazine rings is 1. The van der Waals surface area contributed by atoms with Crippen LogP contribution in [0.3, 0.4) is 0 Å². The first-order valence-corrected chi connectivity index (χ1v) is 12.7. The highest BCUT2D eigenvalue weighted by atomic mass is 19.1. The lowest BCUT2D eigenvalue weighted by molar-refractivity contribution is 0.0512. The van der Waals surface area contributed by atoms with Crippen LogP contribution in [-0.2, 0) is 11.2 Å². The first kappa shape index (κ1) is 24.4. The molecule has 3 unspecified atom stereocenters. The lowest BCUT2D eigenvalue weighted by Crippen LogP contribution is -2.54. The van der Waals surface area contributed by atoms with E-state index in [0.717, 1.165) is 34.5 Å². The number of fused-ring (bicyclic) bond motifs is 4. The summed E-state index contributed by atoms with van der Waals surface area (Å²) in [6.07, 6.45) is 3.14. The fraction of sp³-hybridized carbons (Fsp3) is 0.357. The van der Waals surface area contributed by atoms with Gasteiger partial charge >= 0.3 is 6.09 Å². The van der Waals surface area contributed by atoms with E-state index in [1.165, 1.54) is 4.90 Å². The van der Waals surface area contributed by atoms with Crippen LogP contribution >= 0.6 is 0 Å². The van der Waals surface area contributed by atoms with E-state index in [4.69, 9.17) is 19.4 Å². The summed E-state index contributed by atoms with van der Waals surface area (Å²) in [4.78, 5) is 27.5. The maximum atomic E-state index is 15.2. The van der Waals surface area contributed by atoms with Crippen molar-refractivity contribution in [3.05, 3.63) is 59.8 Å². The summed E-state index contributed by atoms with van der Waals surface area (Å²) >= 11 is 0. The predicted octanol–water partition coefficient (Wildman–Crippen LogP) is 4.34. The number of benzene rings is 2. The summed E-state index contributed by atoms with van der Waals surface area (Å²) in [7, 11) is 1.56. The van der Waals surface area contributed by atoms with E-state index in [2.05, 4.69) is 23.3 Å². The number of amides is 1. The van der Waals surface area contributed by atoms with Crippen molar-refractivity contribution in [2.45, 2.75) is 37.8 Å². The smallest absolute Gasteiger partial charge is 0.407 e. The number of carboxylic acid groups (broad SMARTS) is 1. The van der Waals surface area contributed by atoms with Crippen LogP contribution in [0.4, 0.5) is 9.18 Å². The third-order valence-corrected chi connectivity index (χ3v) is 7.64. The minimum atomic E-state index is -0.950. The Kier molecular flexibility index (Phi) is 6.29. The molecule has 4 aromatic rings. The lowest BCUT2D eigenvalue weighted by atomic mass is 9.92. The molecule has 0 saturated carbocycles. The van der Waals surface area contributed by atoms with Gasteiger partial charge in [-0.2, -0.15) is 0 Å². The number of halogens is 1. The van der Waals surface area contributed by atoms with Crippen LogP contribution in [0.25, 0.3) is 33.1 Å². The number of rotatable bonds is 6. The fourth-order valence-corrected chi connectivity index (χ4v) is 6.04. The Morgan fingerprint density at radius 2 is 2.11 bits per heavy atom. The average Bonchev–Trinajstić information content (AvgIpc) is 3.16. The van der Waals surface area contributed by atoms with Crippen molar-refractivity contribution in [1.82, 2.24) is 25.2 Å². The zero-order chi connectivity index (χ0) is 26.4. The van der Waals surface area contributed by atoms with Gasteiger partial charge in [0, 0.05) is 49.3 Å². The quantitative estimate of drug-likeness (QED) is 0.364. The molecule has 2 aliphatic heterocycles.